The predicted molar refractivity (Wildman–Crippen MR) is 127 cm³/mol. The molecule has 1 saturated heterocycles. The molecule has 0 bridgehead atoms. The number of thioether (sulfide) groups is 1. The lowest BCUT2D eigenvalue weighted by atomic mass is 10.1. The highest BCUT2D eigenvalue weighted by Gasteiger charge is 2.33. The highest BCUT2D eigenvalue weighted by molar-refractivity contribution is 14.1. The van der Waals surface area contributed by atoms with Crippen molar-refractivity contribution in [3.63, 3.8) is 0 Å². The maximum atomic E-state index is 12.6. The molecule has 2 heterocycles. The van der Waals surface area contributed by atoms with E-state index in [1.165, 1.54) is 22.1 Å². The summed E-state index contributed by atoms with van der Waals surface area (Å²) in [5.41, 5.74) is 1.07. The Kier molecular flexibility index (Phi) is 8.37. The minimum atomic E-state index is -3.73. The maximum Gasteiger partial charge on any atom is 0.302 e. The van der Waals surface area contributed by atoms with Crippen LogP contribution in [0.15, 0.2) is 35.5 Å². The van der Waals surface area contributed by atoms with E-state index in [2.05, 4.69) is 37.3 Å². The third-order valence-electron chi connectivity index (χ3n) is 4.60. The van der Waals surface area contributed by atoms with Gasteiger partial charge >= 0.3 is 10.2 Å². The molecule has 3 N–H and O–H groups in total. The topological polar surface area (TPSA) is 125 Å². The zero-order valence-corrected chi connectivity index (χ0v) is 20.9. The van der Waals surface area contributed by atoms with E-state index in [9.17, 15) is 13.5 Å². The fourth-order valence-corrected chi connectivity index (χ4v) is 5.33. The highest BCUT2D eigenvalue weighted by Crippen LogP contribution is 2.27. The molecule has 0 aliphatic carbocycles. The fourth-order valence-electron chi connectivity index (χ4n) is 2.76. The van der Waals surface area contributed by atoms with Crippen LogP contribution >= 0.6 is 34.4 Å². The summed E-state index contributed by atoms with van der Waals surface area (Å²) in [4.78, 5) is 8.66. The van der Waals surface area contributed by atoms with Crippen LogP contribution in [-0.2, 0) is 16.0 Å². The van der Waals surface area contributed by atoms with E-state index in [-0.39, 0.29) is 11.7 Å². The van der Waals surface area contributed by atoms with Crippen LogP contribution in [-0.4, -0.2) is 64.8 Å². The largest absolute Gasteiger partial charge is 0.472 e. The Hall–Kier alpha value is -1.19. The van der Waals surface area contributed by atoms with Gasteiger partial charge in [0, 0.05) is 28.5 Å². The Balaban J connectivity index is 1.79. The number of nitrogens with zero attached hydrogens (tertiary/aromatic N) is 3. The lowest BCUT2D eigenvalue weighted by molar-refractivity contribution is 0.00599. The maximum absolute atomic E-state index is 12.6. The molecule has 1 aromatic heterocycles. The normalized spacial score (nSPS) is 17.1. The third-order valence-corrected chi connectivity index (χ3v) is 7.69. The van der Waals surface area contributed by atoms with Crippen molar-refractivity contribution in [1.82, 2.24) is 14.3 Å². The number of benzene rings is 1. The van der Waals surface area contributed by atoms with Crippen LogP contribution in [0.4, 0.5) is 5.82 Å². The third kappa shape index (κ3) is 6.89. The number of aliphatic hydroxyl groups excluding tert-OH is 2. The number of halogens is 1. The first-order chi connectivity index (χ1) is 14.7. The first-order valence-electron chi connectivity index (χ1n) is 9.66. The SMILES string of the molecule is CC1CN(S(=O)(=O)Nc2cc(O[C@H](C)[C@@H](O)CO)nc(SCc3ccc(I)cc3)n2)C1. The second-order valence-electron chi connectivity index (χ2n) is 7.39. The van der Waals surface area contributed by atoms with E-state index < -0.39 is 29.0 Å². The number of anilines is 1. The lowest BCUT2D eigenvalue weighted by Gasteiger charge is -2.35. The molecule has 0 saturated carbocycles. The number of rotatable bonds is 10. The fraction of sp³-hybridized carbons (Fsp3) is 0.474. The quantitative estimate of drug-likeness (QED) is 0.222. The van der Waals surface area contributed by atoms with Crippen molar-refractivity contribution >= 4 is 50.4 Å². The van der Waals surface area contributed by atoms with E-state index in [1.807, 2.05) is 31.2 Å². The predicted octanol–water partition coefficient (Wildman–Crippen LogP) is 2.10. The van der Waals surface area contributed by atoms with Gasteiger partial charge in [0.15, 0.2) is 5.16 Å². The van der Waals surface area contributed by atoms with Crippen molar-refractivity contribution in [2.24, 2.45) is 5.92 Å². The molecule has 3 rings (SSSR count). The van der Waals surface area contributed by atoms with Crippen molar-refractivity contribution in [3.8, 4) is 5.88 Å². The van der Waals surface area contributed by atoms with Gasteiger partial charge in [-0.05, 0) is 53.1 Å². The first kappa shape index (κ1) is 24.5. The van der Waals surface area contributed by atoms with Gasteiger partial charge in [-0.2, -0.15) is 17.7 Å². The summed E-state index contributed by atoms with van der Waals surface area (Å²) in [7, 11) is -3.73. The number of ether oxygens (including phenoxy) is 1. The minimum Gasteiger partial charge on any atom is -0.472 e. The van der Waals surface area contributed by atoms with E-state index in [1.54, 1.807) is 6.92 Å². The summed E-state index contributed by atoms with van der Waals surface area (Å²) < 4.78 is 35.7. The summed E-state index contributed by atoms with van der Waals surface area (Å²) >= 11 is 3.57. The monoisotopic (exact) mass is 580 g/mol. The summed E-state index contributed by atoms with van der Waals surface area (Å²) in [6.07, 6.45) is -1.84. The van der Waals surface area contributed by atoms with Gasteiger partial charge in [0.05, 0.1) is 6.61 Å². The molecule has 0 amide bonds. The molecular formula is C19H25IN4O5S2. The van der Waals surface area contributed by atoms with Gasteiger partial charge in [-0.1, -0.05) is 30.8 Å². The van der Waals surface area contributed by atoms with Crippen LogP contribution in [0.5, 0.6) is 5.88 Å². The van der Waals surface area contributed by atoms with Gasteiger partial charge in [-0.25, -0.2) is 4.98 Å². The van der Waals surface area contributed by atoms with Gasteiger partial charge in [-0.3, -0.25) is 4.72 Å². The molecule has 1 aliphatic heterocycles. The number of nitrogens with one attached hydrogen (secondary N) is 1. The molecule has 0 spiro atoms. The van der Waals surface area contributed by atoms with Crippen LogP contribution in [0.1, 0.15) is 19.4 Å². The van der Waals surface area contributed by atoms with Crippen molar-refractivity contribution in [2.45, 2.75) is 37.0 Å². The second kappa shape index (κ2) is 10.6. The Morgan fingerprint density at radius 3 is 2.61 bits per heavy atom. The van der Waals surface area contributed by atoms with Crippen molar-refractivity contribution < 1.29 is 23.4 Å². The van der Waals surface area contributed by atoms with Crippen LogP contribution in [0, 0.1) is 9.49 Å². The summed E-state index contributed by atoms with van der Waals surface area (Å²) in [6.45, 7) is 4.02. The van der Waals surface area contributed by atoms with Gasteiger partial charge in [-0.15, -0.1) is 0 Å². The summed E-state index contributed by atoms with van der Waals surface area (Å²) in [6, 6.07) is 9.38. The van der Waals surface area contributed by atoms with Crippen LogP contribution in [0.25, 0.3) is 0 Å². The zero-order valence-electron chi connectivity index (χ0n) is 17.1. The van der Waals surface area contributed by atoms with Crippen LogP contribution in [0.2, 0.25) is 0 Å². The number of hydrogen-bond donors (Lipinski definition) is 3. The van der Waals surface area contributed by atoms with E-state index in [0.717, 1.165) is 9.13 Å². The molecule has 0 radical (unpaired) electrons. The highest BCUT2D eigenvalue weighted by atomic mass is 127. The number of aromatic nitrogens is 2. The Morgan fingerprint density at radius 2 is 2.00 bits per heavy atom. The number of hydrogen-bond acceptors (Lipinski definition) is 8. The molecule has 1 aliphatic rings. The van der Waals surface area contributed by atoms with Gasteiger partial charge in [0.25, 0.3) is 0 Å². The molecule has 2 aromatic rings. The Morgan fingerprint density at radius 1 is 1.32 bits per heavy atom. The van der Waals surface area contributed by atoms with Crippen molar-refractivity contribution in [1.29, 1.82) is 0 Å². The summed E-state index contributed by atoms with van der Waals surface area (Å²) in [5.74, 6) is 1.10. The van der Waals surface area contributed by atoms with Crippen LogP contribution in [0.3, 0.4) is 0 Å². The smallest absolute Gasteiger partial charge is 0.302 e. The molecule has 0 unspecified atom stereocenters. The van der Waals surface area contributed by atoms with E-state index in [4.69, 9.17) is 9.84 Å². The molecule has 31 heavy (non-hydrogen) atoms. The molecule has 12 heteroatoms. The van der Waals surface area contributed by atoms with Gasteiger partial charge in [0.1, 0.15) is 18.0 Å². The van der Waals surface area contributed by atoms with Crippen molar-refractivity contribution in [3.05, 3.63) is 39.5 Å². The molecule has 170 valence electrons. The average Bonchev–Trinajstić information content (AvgIpc) is 2.69. The average molecular weight is 580 g/mol. The lowest BCUT2D eigenvalue weighted by Crippen LogP contribution is -2.50. The van der Waals surface area contributed by atoms with Gasteiger partial charge < -0.3 is 14.9 Å². The van der Waals surface area contributed by atoms with E-state index in [0.29, 0.717) is 29.9 Å². The molecule has 2 atom stereocenters. The van der Waals surface area contributed by atoms with Gasteiger partial charge in [0.2, 0.25) is 5.88 Å². The molecule has 1 fully saturated rings. The molecule has 1 aromatic carbocycles. The second-order valence-corrected chi connectivity index (χ2v) is 11.3. The van der Waals surface area contributed by atoms with Crippen molar-refractivity contribution in [2.75, 3.05) is 24.4 Å². The van der Waals surface area contributed by atoms with Crippen LogP contribution < -0.4 is 9.46 Å². The molecular weight excluding hydrogens is 555 g/mol. The Labute approximate surface area is 199 Å². The first-order valence-corrected chi connectivity index (χ1v) is 13.2. The number of aliphatic hydroxyl groups is 2. The zero-order chi connectivity index (χ0) is 22.6. The Bertz CT molecular complexity index is 987. The van der Waals surface area contributed by atoms with E-state index >= 15 is 0 Å². The summed E-state index contributed by atoms with van der Waals surface area (Å²) in [5, 5.41) is 19.2. The molecule has 9 nitrogen and oxygen atoms in total. The standard InChI is InChI=1S/C19H25IN4O5S2/c1-12-8-24(9-12)31(27,28)23-17-7-18(29-13(2)16(26)10-25)22-19(21-17)30-11-14-3-5-15(20)6-4-14/h3-7,12-13,16,25-26H,8-11H2,1-2H3,(H,21,22,23)/t13-,16+/m1/s1. The minimum absolute atomic E-state index is 0.0837.